The van der Waals surface area contributed by atoms with Gasteiger partial charge in [0, 0.05) is 17.4 Å². The fourth-order valence-electron chi connectivity index (χ4n) is 3.31. The van der Waals surface area contributed by atoms with E-state index in [0.717, 1.165) is 11.3 Å². The van der Waals surface area contributed by atoms with E-state index < -0.39 is 0 Å². The normalized spacial score (nSPS) is 16.7. The summed E-state index contributed by atoms with van der Waals surface area (Å²) in [6, 6.07) is 12.2. The topological polar surface area (TPSA) is 34.9 Å². The second-order valence-corrected chi connectivity index (χ2v) is 6.53. The average Bonchev–Trinajstić information content (AvgIpc) is 3.29. The van der Waals surface area contributed by atoms with E-state index in [4.69, 9.17) is 0 Å². The summed E-state index contributed by atoms with van der Waals surface area (Å²) in [6.07, 6.45) is 4.18. The molecule has 3 aromatic rings. The number of benzene rings is 1. The predicted octanol–water partition coefficient (Wildman–Crippen LogP) is 4.70. The van der Waals surface area contributed by atoms with Gasteiger partial charge in [0.15, 0.2) is 5.78 Å². The first kappa shape index (κ1) is 14.2. The van der Waals surface area contributed by atoms with Crippen molar-refractivity contribution in [1.29, 1.82) is 0 Å². The number of hydrogen-bond acceptors (Lipinski definition) is 3. The highest BCUT2D eigenvalue weighted by Crippen LogP contribution is 2.44. The Morgan fingerprint density at radius 1 is 1.26 bits per heavy atom. The summed E-state index contributed by atoms with van der Waals surface area (Å²) in [5.74, 6) is 0.180. The molecule has 3 nitrogen and oxygen atoms in total. The number of carbonyl (C=O) groups excluding carboxylic acids is 1. The summed E-state index contributed by atoms with van der Waals surface area (Å²) in [5.41, 5.74) is 5.51. The van der Waals surface area contributed by atoms with E-state index in [2.05, 4.69) is 28.6 Å². The van der Waals surface area contributed by atoms with Crippen LogP contribution in [0.1, 0.15) is 41.0 Å². The van der Waals surface area contributed by atoms with Crippen LogP contribution < -0.4 is 0 Å². The van der Waals surface area contributed by atoms with E-state index in [-0.39, 0.29) is 11.8 Å². The highest BCUT2D eigenvalue weighted by molar-refractivity contribution is 7.08. The van der Waals surface area contributed by atoms with E-state index in [9.17, 15) is 4.79 Å². The maximum Gasteiger partial charge on any atom is 0.166 e. The van der Waals surface area contributed by atoms with E-state index in [1.54, 1.807) is 11.3 Å². The van der Waals surface area contributed by atoms with Gasteiger partial charge in [-0.25, -0.2) is 4.98 Å². The van der Waals surface area contributed by atoms with Gasteiger partial charge in [-0.05, 0) is 35.1 Å². The number of rotatable bonds is 4. The third kappa shape index (κ3) is 2.35. The molecule has 0 N–H and O–H groups in total. The zero-order valence-electron chi connectivity index (χ0n) is 12.8. The van der Waals surface area contributed by atoms with Gasteiger partial charge in [-0.15, -0.1) is 0 Å². The lowest BCUT2D eigenvalue weighted by atomic mass is 9.92. The van der Waals surface area contributed by atoms with Crippen molar-refractivity contribution < 1.29 is 4.79 Å². The molecule has 1 unspecified atom stereocenters. The standard InChI is InChI=1S/C19H16N2OS/c1-13-17-10-20-12-21(17)16(9-18(22)15-7-8-23-11-15)19(13)14-5-3-2-4-6-14/h2-8,10-12,16H,9H2,1H3. The predicted molar refractivity (Wildman–Crippen MR) is 93.5 cm³/mol. The van der Waals surface area contributed by atoms with Crippen molar-refractivity contribution in [3.05, 3.63) is 76.5 Å². The number of fused-ring (bicyclic) bond motifs is 1. The van der Waals surface area contributed by atoms with E-state index in [0.29, 0.717) is 6.42 Å². The Kier molecular flexibility index (Phi) is 3.46. The number of allylic oxidation sites excluding steroid dienone is 2. The third-order valence-electron chi connectivity index (χ3n) is 4.43. The zero-order chi connectivity index (χ0) is 15.8. The number of carbonyl (C=O) groups is 1. The van der Waals surface area contributed by atoms with Gasteiger partial charge in [-0.3, -0.25) is 4.79 Å². The minimum Gasteiger partial charge on any atom is -0.323 e. The Balaban J connectivity index is 1.75. The smallest absolute Gasteiger partial charge is 0.166 e. The lowest BCUT2D eigenvalue weighted by Gasteiger charge is -2.17. The molecule has 0 saturated carbocycles. The van der Waals surface area contributed by atoms with Crippen LogP contribution in [0.2, 0.25) is 0 Å². The Morgan fingerprint density at radius 3 is 2.83 bits per heavy atom. The first-order valence-corrected chi connectivity index (χ1v) is 8.54. The SMILES string of the molecule is CC1=C(c2ccccc2)C(CC(=O)c2ccsc2)n2cncc21. The van der Waals surface area contributed by atoms with Crippen molar-refractivity contribution in [3.8, 4) is 0 Å². The number of aromatic nitrogens is 2. The second kappa shape index (κ2) is 5.63. The maximum atomic E-state index is 12.6. The van der Waals surface area contributed by atoms with Crippen LogP contribution in [-0.2, 0) is 0 Å². The van der Waals surface area contributed by atoms with Gasteiger partial charge < -0.3 is 4.57 Å². The van der Waals surface area contributed by atoms with E-state index in [1.807, 2.05) is 47.5 Å². The average molecular weight is 320 g/mol. The van der Waals surface area contributed by atoms with Gasteiger partial charge in [0.05, 0.1) is 24.3 Å². The minimum absolute atomic E-state index is 0.0160. The van der Waals surface area contributed by atoms with E-state index in [1.165, 1.54) is 16.7 Å². The van der Waals surface area contributed by atoms with Gasteiger partial charge in [-0.1, -0.05) is 30.3 Å². The van der Waals surface area contributed by atoms with E-state index >= 15 is 0 Å². The lowest BCUT2D eigenvalue weighted by molar-refractivity contribution is 0.0973. The molecule has 4 rings (SSSR count). The lowest BCUT2D eigenvalue weighted by Crippen LogP contribution is -2.12. The highest BCUT2D eigenvalue weighted by atomic mass is 32.1. The number of Topliss-reactive ketones (excluding diaryl/α,β-unsaturated/α-hetero) is 1. The molecule has 0 spiro atoms. The van der Waals surface area contributed by atoms with Crippen molar-refractivity contribution >= 4 is 28.3 Å². The van der Waals surface area contributed by atoms with Crippen LogP contribution >= 0.6 is 11.3 Å². The maximum absolute atomic E-state index is 12.6. The van der Waals surface area contributed by atoms with Gasteiger partial charge in [0.1, 0.15) is 0 Å². The summed E-state index contributed by atoms with van der Waals surface area (Å²) in [7, 11) is 0. The Hall–Kier alpha value is -2.46. The number of hydrogen-bond donors (Lipinski definition) is 0. The number of imidazole rings is 1. The Morgan fingerprint density at radius 2 is 2.09 bits per heavy atom. The largest absolute Gasteiger partial charge is 0.323 e. The first-order valence-electron chi connectivity index (χ1n) is 7.59. The highest BCUT2D eigenvalue weighted by Gasteiger charge is 2.31. The first-order chi connectivity index (χ1) is 11.3. The van der Waals surface area contributed by atoms with Crippen LogP contribution in [0.25, 0.3) is 11.1 Å². The third-order valence-corrected chi connectivity index (χ3v) is 5.11. The molecule has 2 aromatic heterocycles. The van der Waals surface area contributed by atoms with Crippen LogP contribution in [0.4, 0.5) is 0 Å². The molecule has 0 radical (unpaired) electrons. The molecular weight excluding hydrogens is 304 g/mol. The molecule has 0 saturated heterocycles. The van der Waals surface area contributed by atoms with Gasteiger partial charge in [0.25, 0.3) is 0 Å². The van der Waals surface area contributed by atoms with Gasteiger partial charge in [-0.2, -0.15) is 11.3 Å². The molecule has 3 heterocycles. The van der Waals surface area contributed by atoms with Crippen molar-refractivity contribution in [2.24, 2.45) is 0 Å². The van der Waals surface area contributed by atoms with Crippen LogP contribution in [0, 0.1) is 0 Å². The van der Waals surface area contributed by atoms with Crippen LogP contribution in [-0.4, -0.2) is 15.3 Å². The van der Waals surface area contributed by atoms with Crippen molar-refractivity contribution in [3.63, 3.8) is 0 Å². The summed E-state index contributed by atoms with van der Waals surface area (Å²) < 4.78 is 2.13. The minimum atomic E-state index is 0.0160. The molecule has 0 bridgehead atoms. The zero-order valence-corrected chi connectivity index (χ0v) is 13.6. The molecule has 0 aliphatic carbocycles. The van der Waals surface area contributed by atoms with Crippen LogP contribution in [0.3, 0.4) is 0 Å². The molecule has 1 aliphatic heterocycles. The molecule has 23 heavy (non-hydrogen) atoms. The van der Waals surface area contributed by atoms with Crippen LogP contribution in [0.15, 0.2) is 59.7 Å². The van der Waals surface area contributed by atoms with Crippen LogP contribution in [0.5, 0.6) is 0 Å². The molecule has 4 heteroatoms. The molecule has 0 fully saturated rings. The molecule has 1 aromatic carbocycles. The van der Waals surface area contributed by atoms with Crippen molar-refractivity contribution in [2.45, 2.75) is 19.4 Å². The van der Waals surface area contributed by atoms with Gasteiger partial charge >= 0.3 is 0 Å². The molecule has 0 amide bonds. The number of thiophene rings is 1. The molecule has 114 valence electrons. The second-order valence-electron chi connectivity index (χ2n) is 5.75. The summed E-state index contributed by atoms with van der Waals surface area (Å²) in [5, 5.41) is 3.87. The summed E-state index contributed by atoms with van der Waals surface area (Å²) in [4.78, 5) is 16.9. The van der Waals surface area contributed by atoms with Crippen molar-refractivity contribution in [1.82, 2.24) is 9.55 Å². The summed E-state index contributed by atoms with van der Waals surface area (Å²) >= 11 is 1.56. The fourth-order valence-corrected chi connectivity index (χ4v) is 3.97. The Labute approximate surface area is 138 Å². The Bertz CT molecular complexity index is 875. The van der Waals surface area contributed by atoms with Gasteiger partial charge in [0.2, 0.25) is 0 Å². The fraction of sp³-hybridized carbons (Fsp3) is 0.158. The number of nitrogens with zero attached hydrogens (tertiary/aromatic N) is 2. The molecule has 1 atom stereocenters. The summed E-state index contributed by atoms with van der Waals surface area (Å²) in [6.45, 7) is 2.12. The molecule has 1 aliphatic rings. The van der Waals surface area contributed by atoms with Crippen molar-refractivity contribution in [2.75, 3.05) is 0 Å². The number of ketones is 1. The quantitative estimate of drug-likeness (QED) is 0.653. The molecular formula is C19H16N2OS. The monoisotopic (exact) mass is 320 g/mol.